The van der Waals surface area contributed by atoms with Crippen LogP contribution in [0.25, 0.3) is 11.2 Å². The monoisotopic (exact) mass is 690 g/mol. The first-order valence-electron chi connectivity index (χ1n) is 12.9. The van der Waals surface area contributed by atoms with Gasteiger partial charge in [0.05, 0.1) is 32.2 Å². The van der Waals surface area contributed by atoms with Crippen molar-refractivity contribution in [1.82, 2.24) is 29.1 Å². The predicted octanol–water partition coefficient (Wildman–Crippen LogP) is -1.71. The summed E-state index contributed by atoms with van der Waals surface area (Å²) >= 11 is 10.3. The summed E-state index contributed by atoms with van der Waals surface area (Å²) in [6.07, 6.45) is -6.27. The average molecular weight is 691 g/mol. The Morgan fingerprint density at radius 3 is 2.59 bits per heavy atom. The second-order valence-electron chi connectivity index (χ2n) is 10.1. The highest BCUT2D eigenvalue weighted by atomic mass is 32.7. The van der Waals surface area contributed by atoms with E-state index >= 15 is 0 Å². The van der Waals surface area contributed by atoms with E-state index in [-0.39, 0.29) is 17.0 Å². The Bertz CT molecular complexity index is 1710. The van der Waals surface area contributed by atoms with E-state index in [1.165, 1.54) is 34.5 Å². The summed E-state index contributed by atoms with van der Waals surface area (Å²) in [7, 11) is 0. The van der Waals surface area contributed by atoms with Crippen LogP contribution in [0.15, 0.2) is 24.0 Å². The maximum absolute atomic E-state index is 13.5. The van der Waals surface area contributed by atoms with E-state index in [2.05, 4.69) is 30.2 Å². The van der Waals surface area contributed by atoms with Gasteiger partial charge in [0.2, 0.25) is 6.80 Å². The minimum Gasteiger partial charge on any atom is -0.780 e. The number of imidazole rings is 2. The topological polar surface area (TPSA) is 274 Å². The van der Waals surface area contributed by atoms with Crippen molar-refractivity contribution in [3.63, 3.8) is 0 Å². The zero-order valence-corrected chi connectivity index (χ0v) is 25.5. The summed E-state index contributed by atoms with van der Waals surface area (Å²) in [5.41, 5.74) is 12.7. The fourth-order valence-corrected chi connectivity index (χ4v) is 8.16. The van der Waals surface area contributed by atoms with Gasteiger partial charge in [-0.2, -0.15) is 0 Å². The minimum absolute atomic E-state index is 0.0860. The molecule has 4 aliphatic rings. The SMILES string of the molecule is Nc1ncnc2c1ncn2[C@@H]1O[C@@H]2COP([O-])(=S)O[C@H]3[C@@H](O)[C@H](n4cnc5c4NC=NC5N)O[C@@H]3COP(=O)([S-])O[C@@H]1[C@@H]2O. The molecule has 24 heteroatoms. The number of hydrogen-bond acceptors (Lipinski definition) is 20. The maximum Gasteiger partial charge on any atom is 0.200 e. The van der Waals surface area contributed by atoms with Crippen molar-refractivity contribution in [2.24, 2.45) is 10.7 Å². The number of anilines is 2. The van der Waals surface area contributed by atoms with Gasteiger partial charge in [0.25, 0.3) is 0 Å². The van der Waals surface area contributed by atoms with Gasteiger partial charge in [-0.3, -0.25) is 18.7 Å². The van der Waals surface area contributed by atoms with Crippen LogP contribution in [0.1, 0.15) is 24.3 Å². The molecular formula is C20H24N10O10P2S2-2. The highest BCUT2D eigenvalue weighted by Gasteiger charge is 2.51. The molecule has 0 aliphatic carbocycles. The molecule has 4 aliphatic heterocycles. The molecule has 2 bridgehead atoms. The molecule has 238 valence electrons. The Morgan fingerprint density at radius 1 is 1.02 bits per heavy atom. The van der Waals surface area contributed by atoms with Crippen LogP contribution in [0.3, 0.4) is 0 Å². The van der Waals surface area contributed by atoms with Crippen LogP contribution in [-0.4, -0.2) is 95.5 Å². The first kappa shape index (κ1) is 30.5. The van der Waals surface area contributed by atoms with Crippen molar-refractivity contribution in [3.05, 3.63) is 24.7 Å². The Balaban J connectivity index is 1.19. The van der Waals surface area contributed by atoms with Crippen LogP contribution in [0.5, 0.6) is 0 Å². The Labute approximate surface area is 257 Å². The van der Waals surface area contributed by atoms with Crippen LogP contribution in [0.4, 0.5) is 11.6 Å². The molecule has 3 fully saturated rings. The lowest BCUT2D eigenvalue weighted by Gasteiger charge is -2.34. The van der Waals surface area contributed by atoms with Gasteiger partial charge >= 0.3 is 0 Å². The van der Waals surface area contributed by atoms with Gasteiger partial charge in [-0.05, 0) is 0 Å². The van der Waals surface area contributed by atoms with Gasteiger partial charge in [0.1, 0.15) is 72.9 Å². The number of aliphatic hydroxyl groups excluding tert-OH is 2. The average Bonchev–Trinajstić information content (AvgIpc) is 3.73. The number of nitrogens with zero attached hydrogens (tertiary/aromatic N) is 7. The van der Waals surface area contributed by atoms with E-state index < -0.39 is 82.0 Å². The number of nitrogen functional groups attached to an aromatic ring is 1. The van der Waals surface area contributed by atoms with Crippen molar-refractivity contribution in [2.75, 3.05) is 24.3 Å². The largest absolute Gasteiger partial charge is 0.780 e. The lowest BCUT2D eigenvalue weighted by atomic mass is 10.1. The molecule has 44 heavy (non-hydrogen) atoms. The second kappa shape index (κ2) is 11.3. The van der Waals surface area contributed by atoms with E-state index in [4.69, 9.17) is 63.1 Å². The number of fused-ring (bicyclic) bond motifs is 5. The van der Waals surface area contributed by atoms with Gasteiger partial charge in [-0.1, -0.05) is 11.8 Å². The van der Waals surface area contributed by atoms with E-state index in [9.17, 15) is 19.7 Å². The lowest BCUT2D eigenvalue weighted by Crippen LogP contribution is -2.37. The normalized spacial score (nSPS) is 40.9. The number of nitrogens with one attached hydrogen (secondary N) is 1. The zero-order valence-electron chi connectivity index (χ0n) is 22.1. The summed E-state index contributed by atoms with van der Waals surface area (Å²) in [5, 5.41) is 25.3. The van der Waals surface area contributed by atoms with E-state index in [0.717, 1.165) is 0 Å². The summed E-state index contributed by atoms with van der Waals surface area (Å²) in [6, 6.07) is 0. The van der Waals surface area contributed by atoms with E-state index in [1.54, 1.807) is 0 Å². The van der Waals surface area contributed by atoms with Crippen LogP contribution >= 0.6 is 13.5 Å². The molecule has 20 nitrogen and oxygen atoms in total. The van der Waals surface area contributed by atoms with Gasteiger partial charge < -0.3 is 71.7 Å². The molecule has 0 radical (unpaired) electrons. The van der Waals surface area contributed by atoms with E-state index in [1.807, 2.05) is 0 Å². The third-order valence-corrected chi connectivity index (χ3v) is 10.5. The minimum atomic E-state index is -4.42. The Morgan fingerprint density at radius 2 is 1.77 bits per heavy atom. The summed E-state index contributed by atoms with van der Waals surface area (Å²) in [4.78, 5) is 33.8. The number of aliphatic hydroxyl groups is 2. The van der Waals surface area contributed by atoms with Crippen molar-refractivity contribution in [3.8, 4) is 0 Å². The standard InChI is InChI=1S/C20H26N10O10P2S2/c21-15-9-17(25-3-23-15)29(5-27-9)19-12(32)13-8(38-19)2-36-42(34,44)40-14-11(31)7(1-35-41(33,43)39-13)37-20(14)30-6-28-10-16(22)24-4-26-18(10)30/h3-8,11-15,19-20,31-32H,1-2,21H2,(H,23,25)(H,33,43)(H,34,44)(H2,22,24,26)/p-2/t7-,8-,11-,12-,13-,14-,15?,19-,20-,41?,42?/m1/s1. The van der Waals surface area contributed by atoms with Gasteiger partial charge in [0, 0.05) is 0 Å². The molecule has 0 spiro atoms. The van der Waals surface area contributed by atoms with Crippen molar-refractivity contribution < 1.29 is 47.2 Å². The van der Waals surface area contributed by atoms with Gasteiger partial charge in [-0.15, -0.1) is 0 Å². The van der Waals surface area contributed by atoms with E-state index in [0.29, 0.717) is 11.5 Å². The molecule has 0 amide bonds. The predicted molar refractivity (Wildman–Crippen MR) is 152 cm³/mol. The van der Waals surface area contributed by atoms with Gasteiger partial charge in [-0.25, -0.2) is 19.9 Å². The van der Waals surface area contributed by atoms with Crippen molar-refractivity contribution >= 4 is 66.7 Å². The highest BCUT2D eigenvalue weighted by Crippen LogP contribution is 2.54. The van der Waals surface area contributed by atoms with Gasteiger partial charge in [0.15, 0.2) is 23.9 Å². The maximum atomic E-state index is 13.5. The number of aliphatic imine (C=N–C) groups is 1. The third-order valence-electron chi connectivity index (χ3n) is 7.39. The number of nitrogens with two attached hydrogens (primary N) is 2. The summed E-state index contributed by atoms with van der Waals surface area (Å²) in [6.45, 7) is -9.94. The molecule has 3 unspecified atom stereocenters. The number of aromatic nitrogens is 6. The lowest BCUT2D eigenvalue weighted by molar-refractivity contribution is -0.217. The third kappa shape index (κ3) is 5.37. The Kier molecular flexibility index (Phi) is 7.82. The van der Waals surface area contributed by atoms with Crippen molar-refractivity contribution in [2.45, 2.75) is 55.2 Å². The molecule has 11 atom stereocenters. The molecule has 7 heterocycles. The second-order valence-corrected chi connectivity index (χ2v) is 15.5. The molecular weight excluding hydrogens is 666 g/mol. The fourth-order valence-electron chi connectivity index (χ4n) is 5.33. The first-order valence-corrected chi connectivity index (χ1v) is 18.0. The van der Waals surface area contributed by atoms with Crippen LogP contribution in [0.2, 0.25) is 0 Å². The fraction of sp³-hybridized carbons (Fsp3) is 0.550. The molecule has 0 aromatic carbocycles. The molecule has 0 saturated carbocycles. The molecule has 7 rings (SSSR count). The first-order chi connectivity index (χ1) is 20.9. The van der Waals surface area contributed by atoms with Crippen LogP contribution < -0.4 is 21.7 Å². The number of ether oxygens (including phenoxy) is 2. The van der Waals surface area contributed by atoms with Crippen molar-refractivity contribution in [1.29, 1.82) is 0 Å². The smallest absolute Gasteiger partial charge is 0.200 e. The number of hydrogen-bond donors (Lipinski definition) is 5. The Hall–Kier alpha value is -2.14. The van der Waals surface area contributed by atoms with Crippen LogP contribution in [0, 0.1) is 0 Å². The molecule has 3 aromatic rings. The quantitative estimate of drug-likeness (QED) is 0.148. The summed E-state index contributed by atoms with van der Waals surface area (Å²) in [5.74, 6) is 0.469. The number of rotatable bonds is 2. The highest BCUT2D eigenvalue weighted by molar-refractivity contribution is 8.32. The molecule has 3 aromatic heterocycles. The molecule has 3 saturated heterocycles. The van der Waals surface area contributed by atoms with Crippen LogP contribution in [-0.2, 0) is 56.2 Å². The molecule has 7 N–H and O–H groups in total. The summed E-state index contributed by atoms with van der Waals surface area (Å²) < 4.78 is 50.4. The zero-order chi connectivity index (χ0) is 31.0.